The van der Waals surface area contributed by atoms with E-state index in [0.717, 1.165) is 22.6 Å². The molecule has 0 bridgehead atoms. The number of rotatable bonds is 6. The second-order valence-corrected chi connectivity index (χ2v) is 5.90. The van der Waals surface area contributed by atoms with E-state index in [1.54, 1.807) is 12.1 Å². The van der Waals surface area contributed by atoms with Crippen molar-refractivity contribution in [2.45, 2.75) is 26.4 Å². The van der Waals surface area contributed by atoms with Crippen molar-refractivity contribution in [3.63, 3.8) is 0 Å². The average molecular weight is 376 g/mol. The summed E-state index contributed by atoms with van der Waals surface area (Å²) in [5.74, 6) is 0.579. The first-order valence-corrected chi connectivity index (χ1v) is 8.36. The third-order valence-corrected chi connectivity index (χ3v) is 3.92. The fourth-order valence-corrected chi connectivity index (χ4v) is 2.60. The highest BCUT2D eigenvalue weighted by atomic mass is 19.4. The topological polar surface area (TPSA) is 65.1 Å². The van der Waals surface area contributed by atoms with Gasteiger partial charge in [-0.3, -0.25) is 0 Å². The van der Waals surface area contributed by atoms with Crippen LogP contribution in [0.15, 0.2) is 54.6 Å². The van der Waals surface area contributed by atoms with Crippen LogP contribution in [0.5, 0.6) is 5.75 Å². The summed E-state index contributed by atoms with van der Waals surface area (Å²) in [6.07, 6.45) is -4.69. The first-order chi connectivity index (χ1) is 12.8. The lowest BCUT2D eigenvalue weighted by atomic mass is 10.1. The Hall–Kier alpha value is -3.16. The number of nitrogens with zero attached hydrogens (tertiary/aromatic N) is 2. The van der Waals surface area contributed by atoms with Gasteiger partial charge in [-0.05, 0) is 36.8 Å². The Balaban J connectivity index is 1.69. The highest BCUT2D eigenvalue weighted by Gasteiger charge is 2.30. The molecule has 1 heterocycles. The maximum Gasteiger partial charge on any atom is 0.573 e. The number of nitrogen functional groups attached to an aromatic ring is 1. The molecule has 0 unspecified atom stereocenters. The molecule has 8 heteroatoms. The Morgan fingerprint density at radius 3 is 2.33 bits per heavy atom. The number of hydrogen-bond donors (Lipinski definition) is 2. The largest absolute Gasteiger partial charge is 0.573 e. The molecule has 142 valence electrons. The van der Waals surface area contributed by atoms with Crippen molar-refractivity contribution in [2.75, 3.05) is 11.1 Å². The van der Waals surface area contributed by atoms with Gasteiger partial charge in [0.25, 0.3) is 0 Å². The molecule has 0 aliphatic carbocycles. The van der Waals surface area contributed by atoms with E-state index in [9.17, 15) is 13.2 Å². The molecule has 1 aromatic heterocycles. The molecule has 27 heavy (non-hydrogen) atoms. The first kappa shape index (κ1) is 18.6. The van der Waals surface area contributed by atoms with Crippen LogP contribution in [0.3, 0.4) is 0 Å². The van der Waals surface area contributed by atoms with Crippen LogP contribution in [-0.4, -0.2) is 16.1 Å². The standard InChI is InChI=1S/C19H19F3N4O/c1-2-26-18(11-17(25-26)14-5-7-15(23)8-6-14)24-12-13-3-9-16(10-4-13)27-19(20,21)22/h3-11,24H,2,12,23H2,1H3. The molecule has 0 radical (unpaired) electrons. The summed E-state index contributed by atoms with van der Waals surface area (Å²) in [7, 11) is 0. The van der Waals surface area contributed by atoms with Crippen LogP contribution in [0.4, 0.5) is 24.7 Å². The van der Waals surface area contributed by atoms with E-state index in [1.807, 2.05) is 41.9 Å². The molecule has 0 saturated carbocycles. The predicted molar refractivity (Wildman–Crippen MR) is 98.2 cm³/mol. The lowest BCUT2D eigenvalue weighted by molar-refractivity contribution is -0.274. The third-order valence-electron chi connectivity index (χ3n) is 3.92. The Labute approximate surface area is 154 Å². The summed E-state index contributed by atoms with van der Waals surface area (Å²) >= 11 is 0. The maximum atomic E-state index is 12.2. The molecule has 0 fully saturated rings. The molecule has 0 aliphatic rings. The van der Waals surface area contributed by atoms with Crippen LogP contribution in [0, 0.1) is 0 Å². The molecule has 0 aliphatic heterocycles. The highest BCUT2D eigenvalue weighted by molar-refractivity contribution is 5.65. The van der Waals surface area contributed by atoms with Crippen LogP contribution < -0.4 is 15.8 Å². The normalized spacial score (nSPS) is 11.4. The Morgan fingerprint density at radius 2 is 1.74 bits per heavy atom. The van der Waals surface area contributed by atoms with Crippen LogP contribution in [-0.2, 0) is 13.1 Å². The molecule has 3 aromatic rings. The zero-order valence-corrected chi connectivity index (χ0v) is 14.6. The number of nitrogens with two attached hydrogens (primary N) is 1. The van der Waals surface area contributed by atoms with Gasteiger partial charge in [0.15, 0.2) is 0 Å². The van der Waals surface area contributed by atoms with Gasteiger partial charge >= 0.3 is 6.36 Å². The Kier molecular flexibility index (Phi) is 5.25. The second-order valence-electron chi connectivity index (χ2n) is 5.90. The van der Waals surface area contributed by atoms with E-state index in [2.05, 4.69) is 15.2 Å². The lowest BCUT2D eigenvalue weighted by Crippen LogP contribution is -2.17. The number of anilines is 2. The van der Waals surface area contributed by atoms with Crippen molar-refractivity contribution in [1.82, 2.24) is 9.78 Å². The quantitative estimate of drug-likeness (QED) is 0.614. The summed E-state index contributed by atoms with van der Waals surface area (Å²) in [5, 5.41) is 7.83. The molecule has 0 spiro atoms. The van der Waals surface area contributed by atoms with Gasteiger partial charge in [0, 0.05) is 30.4 Å². The van der Waals surface area contributed by atoms with E-state index < -0.39 is 6.36 Å². The van der Waals surface area contributed by atoms with Crippen LogP contribution in [0.25, 0.3) is 11.3 Å². The van der Waals surface area contributed by atoms with Crippen molar-refractivity contribution in [3.05, 3.63) is 60.2 Å². The molecule has 0 atom stereocenters. The Bertz CT molecular complexity index is 887. The lowest BCUT2D eigenvalue weighted by Gasteiger charge is -2.10. The number of benzene rings is 2. The monoisotopic (exact) mass is 376 g/mol. The molecule has 2 aromatic carbocycles. The minimum Gasteiger partial charge on any atom is -0.406 e. The molecule has 3 rings (SSSR count). The molecule has 5 nitrogen and oxygen atoms in total. The summed E-state index contributed by atoms with van der Waals surface area (Å²) in [6, 6.07) is 15.1. The van der Waals surface area contributed by atoms with Gasteiger partial charge in [0.2, 0.25) is 0 Å². The number of aryl methyl sites for hydroxylation is 1. The van der Waals surface area contributed by atoms with Gasteiger partial charge in [0.1, 0.15) is 11.6 Å². The molecular weight excluding hydrogens is 357 g/mol. The van der Waals surface area contributed by atoms with Gasteiger partial charge in [-0.1, -0.05) is 24.3 Å². The number of alkyl halides is 3. The maximum absolute atomic E-state index is 12.2. The van der Waals surface area contributed by atoms with Crippen molar-refractivity contribution >= 4 is 11.5 Å². The fourth-order valence-electron chi connectivity index (χ4n) is 2.60. The zero-order chi connectivity index (χ0) is 19.4. The molecular formula is C19H19F3N4O. The average Bonchev–Trinajstić information content (AvgIpc) is 3.04. The zero-order valence-electron chi connectivity index (χ0n) is 14.6. The minimum atomic E-state index is -4.69. The van der Waals surface area contributed by atoms with E-state index in [-0.39, 0.29) is 5.75 Å². The fraction of sp³-hybridized carbons (Fsp3) is 0.211. The molecule has 0 saturated heterocycles. The molecule has 3 N–H and O–H groups in total. The van der Waals surface area contributed by atoms with Crippen molar-refractivity contribution in [3.8, 4) is 17.0 Å². The third kappa shape index (κ3) is 4.93. The SMILES string of the molecule is CCn1nc(-c2ccc(N)cc2)cc1NCc1ccc(OC(F)(F)F)cc1. The minimum absolute atomic E-state index is 0.240. The Morgan fingerprint density at radius 1 is 1.07 bits per heavy atom. The van der Waals surface area contributed by atoms with Crippen molar-refractivity contribution < 1.29 is 17.9 Å². The number of nitrogens with one attached hydrogen (secondary N) is 1. The highest BCUT2D eigenvalue weighted by Crippen LogP contribution is 2.25. The molecule has 0 amide bonds. The van der Waals surface area contributed by atoms with Gasteiger partial charge in [-0.15, -0.1) is 13.2 Å². The van der Waals surface area contributed by atoms with Gasteiger partial charge in [0.05, 0.1) is 5.69 Å². The van der Waals surface area contributed by atoms with Crippen molar-refractivity contribution in [1.29, 1.82) is 0 Å². The predicted octanol–water partition coefficient (Wildman–Crippen LogP) is 4.66. The van der Waals surface area contributed by atoms with Crippen LogP contribution in [0.2, 0.25) is 0 Å². The number of halogens is 3. The number of ether oxygens (including phenoxy) is 1. The van der Waals surface area contributed by atoms with Crippen LogP contribution >= 0.6 is 0 Å². The van der Waals surface area contributed by atoms with E-state index >= 15 is 0 Å². The van der Waals surface area contributed by atoms with Crippen LogP contribution in [0.1, 0.15) is 12.5 Å². The van der Waals surface area contributed by atoms with E-state index in [4.69, 9.17) is 5.73 Å². The summed E-state index contributed by atoms with van der Waals surface area (Å²) < 4.78 is 42.3. The van der Waals surface area contributed by atoms with Gasteiger partial charge in [-0.25, -0.2) is 4.68 Å². The number of aromatic nitrogens is 2. The van der Waals surface area contributed by atoms with E-state index in [1.165, 1.54) is 12.1 Å². The van der Waals surface area contributed by atoms with E-state index in [0.29, 0.717) is 18.8 Å². The van der Waals surface area contributed by atoms with Crippen molar-refractivity contribution in [2.24, 2.45) is 0 Å². The van der Waals surface area contributed by atoms with Gasteiger partial charge in [-0.2, -0.15) is 5.10 Å². The second kappa shape index (κ2) is 7.61. The van der Waals surface area contributed by atoms with Gasteiger partial charge < -0.3 is 15.8 Å². The first-order valence-electron chi connectivity index (χ1n) is 8.36. The summed E-state index contributed by atoms with van der Waals surface area (Å²) in [6.45, 7) is 3.10. The summed E-state index contributed by atoms with van der Waals surface area (Å²) in [5.41, 5.74) is 8.99. The number of hydrogen-bond acceptors (Lipinski definition) is 4. The smallest absolute Gasteiger partial charge is 0.406 e. The summed E-state index contributed by atoms with van der Waals surface area (Å²) in [4.78, 5) is 0.